The van der Waals surface area contributed by atoms with Gasteiger partial charge in [-0.3, -0.25) is 4.79 Å². The molecule has 0 atom stereocenters. The van der Waals surface area contributed by atoms with Crippen molar-refractivity contribution in [3.63, 3.8) is 0 Å². The summed E-state index contributed by atoms with van der Waals surface area (Å²) in [7, 11) is 0. The second kappa shape index (κ2) is 4.76. The van der Waals surface area contributed by atoms with E-state index in [0.717, 1.165) is 3.79 Å². The number of halogens is 2. The Morgan fingerprint density at radius 1 is 1.38 bits per heavy atom. The highest BCUT2D eigenvalue weighted by Crippen LogP contribution is 2.22. The highest BCUT2D eigenvalue weighted by atomic mass is 79.9. The number of carbonyl (C=O) groups excluding carboxylic acids is 1. The molecule has 0 aliphatic carbocycles. The molecule has 1 heterocycles. The number of carbonyl (C=O) groups is 1. The fourth-order valence-corrected chi connectivity index (χ4v) is 2.32. The van der Waals surface area contributed by atoms with Gasteiger partial charge in [0, 0.05) is 5.38 Å². The molecule has 2 nitrogen and oxygen atoms in total. The van der Waals surface area contributed by atoms with Gasteiger partial charge in [-0.1, -0.05) is 12.1 Å². The van der Waals surface area contributed by atoms with Gasteiger partial charge in [0.05, 0.1) is 15.0 Å². The molecule has 0 saturated carbocycles. The molecule has 0 unspecified atom stereocenters. The fraction of sp³-hybridized carbons (Fsp3) is 0. The molecule has 82 valence electrons. The van der Waals surface area contributed by atoms with Gasteiger partial charge in [-0.15, -0.1) is 11.3 Å². The average Bonchev–Trinajstić information content (AvgIpc) is 2.68. The van der Waals surface area contributed by atoms with Gasteiger partial charge < -0.3 is 5.32 Å². The lowest BCUT2D eigenvalue weighted by molar-refractivity contribution is 0.102. The van der Waals surface area contributed by atoms with E-state index in [1.807, 2.05) is 0 Å². The molecular formula is C11H7BrFNOS. The quantitative estimate of drug-likeness (QED) is 0.895. The van der Waals surface area contributed by atoms with E-state index in [1.165, 1.54) is 23.5 Å². The Kier molecular flexibility index (Phi) is 3.36. The van der Waals surface area contributed by atoms with Crippen molar-refractivity contribution >= 4 is 38.9 Å². The van der Waals surface area contributed by atoms with E-state index in [-0.39, 0.29) is 11.6 Å². The predicted octanol–water partition coefficient (Wildman–Crippen LogP) is 3.90. The largest absolute Gasteiger partial charge is 0.319 e. The minimum Gasteiger partial charge on any atom is -0.319 e. The summed E-state index contributed by atoms with van der Waals surface area (Å²) >= 11 is 4.67. The zero-order chi connectivity index (χ0) is 11.5. The number of amides is 1. The first-order chi connectivity index (χ1) is 7.66. The zero-order valence-corrected chi connectivity index (χ0v) is 10.4. The molecular weight excluding hydrogens is 293 g/mol. The van der Waals surface area contributed by atoms with Crippen LogP contribution in [0.25, 0.3) is 0 Å². The van der Waals surface area contributed by atoms with E-state index < -0.39 is 5.82 Å². The van der Waals surface area contributed by atoms with Crippen molar-refractivity contribution in [2.75, 3.05) is 5.32 Å². The van der Waals surface area contributed by atoms with E-state index in [2.05, 4.69) is 21.2 Å². The Morgan fingerprint density at radius 2 is 2.12 bits per heavy atom. The molecule has 0 aliphatic rings. The molecule has 16 heavy (non-hydrogen) atoms. The van der Waals surface area contributed by atoms with E-state index in [0.29, 0.717) is 5.56 Å². The third kappa shape index (κ3) is 2.48. The van der Waals surface area contributed by atoms with Crippen LogP contribution in [0.15, 0.2) is 39.5 Å². The van der Waals surface area contributed by atoms with Crippen molar-refractivity contribution in [1.29, 1.82) is 0 Å². The molecule has 5 heteroatoms. The lowest BCUT2D eigenvalue weighted by Crippen LogP contribution is -2.11. The second-order valence-corrected chi connectivity index (χ2v) is 5.36. The number of anilines is 1. The summed E-state index contributed by atoms with van der Waals surface area (Å²) in [6.45, 7) is 0. The Balaban J connectivity index is 2.17. The Morgan fingerprint density at radius 3 is 2.75 bits per heavy atom. The summed E-state index contributed by atoms with van der Waals surface area (Å²) < 4.78 is 14.1. The SMILES string of the molecule is O=C(Nc1ccccc1F)c1csc(Br)c1. The smallest absolute Gasteiger partial charge is 0.256 e. The van der Waals surface area contributed by atoms with Crippen LogP contribution in [0, 0.1) is 5.82 Å². The normalized spacial score (nSPS) is 10.1. The van der Waals surface area contributed by atoms with Crippen molar-refractivity contribution in [1.82, 2.24) is 0 Å². The molecule has 0 radical (unpaired) electrons. The monoisotopic (exact) mass is 299 g/mol. The van der Waals surface area contributed by atoms with E-state index in [1.54, 1.807) is 23.6 Å². The van der Waals surface area contributed by atoms with Crippen molar-refractivity contribution in [2.45, 2.75) is 0 Å². The van der Waals surface area contributed by atoms with Crippen molar-refractivity contribution < 1.29 is 9.18 Å². The maximum atomic E-state index is 13.2. The molecule has 0 aliphatic heterocycles. The molecule has 1 amide bonds. The molecule has 1 aromatic heterocycles. The van der Waals surface area contributed by atoms with E-state index in [4.69, 9.17) is 0 Å². The van der Waals surface area contributed by atoms with E-state index >= 15 is 0 Å². The Bertz CT molecular complexity index is 526. The summed E-state index contributed by atoms with van der Waals surface area (Å²) in [4.78, 5) is 11.7. The van der Waals surface area contributed by atoms with Crippen LogP contribution in [-0.2, 0) is 0 Å². The summed E-state index contributed by atoms with van der Waals surface area (Å²) in [5, 5.41) is 4.22. The molecule has 2 aromatic rings. The molecule has 1 N–H and O–H groups in total. The molecule has 0 saturated heterocycles. The number of hydrogen-bond donors (Lipinski definition) is 1. The van der Waals surface area contributed by atoms with Gasteiger partial charge in [0.1, 0.15) is 5.82 Å². The lowest BCUT2D eigenvalue weighted by atomic mass is 10.2. The van der Waals surface area contributed by atoms with Crippen LogP contribution in [0.2, 0.25) is 0 Å². The van der Waals surface area contributed by atoms with Gasteiger partial charge in [0.2, 0.25) is 0 Å². The van der Waals surface area contributed by atoms with Crippen molar-refractivity contribution in [3.8, 4) is 0 Å². The van der Waals surface area contributed by atoms with Gasteiger partial charge in [0.25, 0.3) is 5.91 Å². The highest BCUT2D eigenvalue weighted by molar-refractivity contribution is 9.11. The van der Waals surface area contributed by atoms with Gasteiger partial charge in [-0.25, -0.2) is 4.39 Å². The van der Waals surface area contributed by atoms with Gasteiger partial charge >= 0.3 is 0 Å². The lowest BCUT2D eigenvalue weighted by Gasteiger charge is -2.04. The molecule has 1 aromatic carbocycles. The minimum atomic E-state index is -0.440. The summed E-state index contributed by atoms with van der Waals surface area (Å²) in [5.74, 6) is -0.753. The molecule has 0 bridgehead atoms. The van der Waals surface area contributed by atoms with Crippen LogP contribution in [0.1, 0.15) is 10.4 Å². The number of para-hydroxylation sites is 1. The summed E-state index contributed by atoms with van der Waals surface area (Å²) in [6, 6.07) is 7.77. The molecule has 2 rings (SSSR count). The first-order valence-electron chi connectivity index (χ1n) is 4.47. The van der Waals surface area contributed by atoms with Crippen molar-refractivity contribution in [2.24, 2.45) is 0 Å². The van der Waals surface area contributed by atoms with Crippen molar-refractivity contribution in [3.05, 3.63) is 50.9 Å². The Hall–Kier alpha value is -1.20. The fourth-order valence-electron chi connectivity index (χ4n) is 1.19. The van der Waals surface area contributed by atoms with E-state index in [9.17, 15) is 9.18 Å². The summed E-state index contributed by atoms with van der Waals surface area (Å²) in [5.41, 5.74) is 0.704. The number of nitrogens with one attached hydrogen (secondary N) is 1. The first kappa shape index (κ1) is 11.3. The predicted molar refractivity (Wildman–Crippen MR) is 66.4 cm³/mol. The number of thiophene rings is 1. The van der Waals surface area contributed by atoms with Crippen LogP contribution >= 0.6 is 27.3 Å². The topological polar surface area (TPSA) is 29.1 Å². The maximum absolute atomic E-state index is 13.2. The van der Waals surface area contributed by atoms with Crippen LogP contribution < -0.4 is 5.32 Å². The van der Waals surface area contributed by atoms with Crippen LogP contribution in [0.3, 0.4) is 0 Å². The number of hydrogen-bond acceptors (Lipinski definition) is 2. The highest BCUT2D eigenvalue weighted by Gasteiger charge is 2.10. The standard InChI is InChI=1S/C11H7BrFNOS/c12-10-5-7(6-16-10)11(15)14-9-4-2-1-3-8(9)13/h1-6H,(H,14,15). The van der Waals surface area contributed by atoms with Gasteiger partial charge in [-0.2, -0.15) is 0 Å². The summed E-state index contributed by atoms with van der Waals surface area (Å²) in [6.07, 6.45) is 0. The second-order valence-electron chi connectivity index (χ2n) is 3.07. The first-order valence-corrected chi connectivity index (χ1v) is 6.14. The minimum absolute atomic E-state index is 0.190. The third-order valence-corrected chi connectivity index (χ3v) is 3.46. The third-order valence-electron chi connectivity index (χ3n) is 1.95. The van der Waals surface area contributed by atoms with Crippen LogP contribution in [0.5, 0.6) is 0 Å². The molecule has 0 spiro atoms. The maximum Gasteiger partial charge on any atom is 0.256 e. The zero-order valence-electron chi connectivity index (χ0n) is 8.04. The van der Waals surface area contributed by atoms with Gasteiger partial charge in [-0.05, 0) is 34.1 Å². The number of rotatable bonds is 2. The Labute approximate surface area is 104 Å². The average molecular weight is 300 g/mol. The van der Waals surface area contributed by atoms with Gasteiger partial charge in [0.15, 0.2) is 0 Å². The molecule has 0 fully saturated rings. The number of benzene rings is 1. The van der Waals surface area contributed by atoms with Crippen LogP contribution in [0.4, 0.5) is 10.1 Å². The van der Waals surface area contributed by atoms with Crippen LogP contribution in [-0.4, -0.2) is 5.91 Å².